The molecular formula is C8H12O2. The van der Waals surface area contributed by atoms with Gasteiger partial charge in [0.15, 0.2) is 0 Å². The van der Waals surface area contributed by atoms with Gasteiger partial charge in [-0.15, -0.1) is 0 Å². The summed E-state index contributed by atoms with van der Waals surface area (Å²) in [5.74, 6) is 0.901. The van der Waals surface area contributed by atoms with Crippen LogP contribution in [0.1, 0.15) is 26.2 Å². The van der Waals surface area contributed by atoms with Crippen LogP contribution in [0.25, 0.3) is 0 Å². The number of esters is 1. The van der Waals surface area contributed by atoms with Crippen LogP contribution >= 0.6 is 0 Å². The average Bonchev–Trinajstić information content (AvgIpc) is 2.21. The maximum Gasteiger partial charge on any atom is 0.309 e. The van der Waals surface area contributed by atoms with Gasteiger partial charge in [0.05, 0.1) is 5.92 Å². The number of hydrogen-bond acceptors (Lipinski definition) is 2. The Morgan fingerprint density at radius 3 is 3.00 bits per heavy atom. The van der Waals surface area contributed by atoms with E-state index < -0.39 is 0 Å². The molecule has 0 amide bonds. The van der Waals surface area contributed by atoms with Gasteiger partial charge in [0, 0.05) is 0 Å². The van der Waals surface area contributed by atoms with E-state index in [1.165, 1.54) is 6.42 Å². The fraction of sp³-hybridized carbons (Fsp3) is 0.875. The minimum absolute atomic E-state index is 0.0503. The standard InChI is InChI=1S/C8H12O2/c1-5-2-3-6-4-7(5)10-8(6)9/h5-7H,2-4H2,1H3/t5-,6+,7+/m0/s1. The van der Waals surface area contributed by atoms with Gasteiger partial charge < -0.3 is 4.74 Å². The lowest BCUT2D eigenvalue weighted by Gasteiger charge is -2.21. The van der Waals surface area contributed by atoms with Crippen molar-refractivity contribution in [3.8, 4) is 0 Å². The van der Waals surface area contributed by atoms with Crippen LogP contribution in [0.2, 0.25) is 0 Å². The van der Waals surface area contributed by atoms with E-state index in [1.54, 1.807) is 0 Å². The first-order valence-corrected chi connectivity index (χ1v) is 3.98. The molecular weight excluding hydrogens is 128 g/mol. The van der Waals surface area contributed by atoms with E-state index >= 15 is 0 Å². The fourth-order valence-corrected chi connectivity index (χ4v) is 1.90. The third-order valence-electron chi connectivity index (χ3n) is 2.72. The molecule has 2 fully saturated rings. The first-order valence-electron chi connectivity index (χ1n) is 3.98. The summed E-state index contributed by atoms with van der Waals surface area (Å²) in [7, 11) is 0. The van der Waals surface area contributed by atoms with Gasteiger partial charge in [0.1, 0.15) is 6.10 Å². The zero-order chi connectivity index (χ0) is 7.14. The zero-order valence-corrected chi connectivity index (χ0v) is 6.17. The first-order chi connectivity index (χ1) is 4.77. The summed E-state index contributed by atoms with van der Waals surface area (Å²) < 4.78 is 5.16. The van der Waals surface area contributed by atoms with Crippen LogP contribution in [0.3, 0.4) is 0 Å². The summed E-state index contributed by atoms with van der Waals surface area (Å²) in [6.07, 6.45) is 3.46. The molecule has 0 spiro atoms. The van der Waals surface area contributed by atoms with Gasteiger partial charge in [0.25, 0.3) is 0 Å². The quantitative estimate of drug-likeness (QED) is 0.475. The summed E-state index contributed by atoms with van der Waals surface area (Å²) in [6, 6.07) is 0. The molecule has 2 heteroatoms. The zero-order valence-electron chi connectivity index (χ0n) is 6.17. The molecule has 1 aliphatic carbocycles. The summed E-state index contributed by atoms with van der Waals surface area (Å²) in [6.45, 7) is 2.17. The lowest BCUT2D eigenvalue weighted by atomic mass is 9.83. The van der Waals surface area contributed by atoms with Gasteiger partial charge in [-0.25, -0.2) is 0 Å². The molecule has 0 radical (unpaired) electrons. The van der Waals surface area contributed by atoms with Gasteiger partial charge in [-0.05, 0) is 25.2 Å². The number of carbonyl (C=O) groups is 1. The van der Waals surface area contributed by atoms with Crippen molar-refractivity contribution in [3.63, 3.8) is 0 Å². The lowest BCUT2D eigenvalue weighted by Crippen LogP contribution is -2.20. The third-order valence-corrected chi connectivity index (χ3v) is 2.72. The first kappa shape index (κ1) is 6.20. The third kappa shape index (κ3) is 0.746. The largest absolute Gasteiger partial charge is 0.462 e. The molecule has 2 nitrogen and oxygen atoms in total. The molecule has 1 saturated carbocycles. The molecule has 2 bridgehead atoms. The van der Waals surface area contributed by atoms with Crippen LogP contribution in [0.4, 0.5) is 0 Å². The predicted octanol–water partition coefficient (Wildman–Crippen LogP) is 1.35. The minimum atomic E-state index is 0.0503. The van der Waals surface area contributed by atoms with E-state index in [0.29, 0.717) is 5.92 Å². The van der Waals surface area contributed by atoms with E-state index in [9.17, 15) is 4.79 Å². The Balaban J connectivity index is 2.15. The summed E-state index contributed by atoms with van der Waals surface area (Å²) in [5, 5.41) is 0. The van der Waals surface area contributed by atoms with Gasteiger partial charge in [-0.2, -0.15) is 0 Å². The minimum Gasteiger partial charge on any atom is -0.462 e. The van der Waals surface area contributed by atoms with Crippen molar-refractivity contribution in [1.29, 1.82) is 0 Å². The molecule has 1 saturated heterocycles. The highest BCUT2D eigenvalue weighted by molar-refractivity contribution is 5.75. The Hall–Kier alpha value is -0.530. The number of fused-ring (bicyclic) bond motifs is 2. The number of rotatable bonds is 0. The van der Waals surface area contributed by atoms with Crippen molar-refractivity contribution < 1.29 is 9.53 Å². The molecule has 0 aromatic heterocycles. The molecule has 1 heterocycles. The normalized spacial score (nSPS) is 45.3. The monoisotopic (exact) mass is 140 g/mol. The maximum atomic E-state index is 11.0. The smallest absolute Gasteiger partial charge is 0.309 e. The Labute approximate surface area is 60.6 Å². The molecule has 0 unspecified atom stereocenters. The van der Waals surface area contributed by atoms with Crippen molar-refractivity contribution in [2.75, 3.05) is 0 Å². The number of hydrogen-bond donors (Lipinski definition) is 0. The van der Waals surface area contributed by atoms with Gasteiger partial charge in [-0.3, -0.25) is 4.79 Å². The molecule has 56 valence electrons. The van der Waals surface area contributed by atoms with Crippen LogP contribution in [0.15, 0.2) is 0 Å². The Bertz CT molecular complexity index is 165. The molecule has 1 aliphatic heterocycles. The second-order valence-corrected chi connectivity index (χ2v) is 3.46. The van der Waals surface area contributed by atoms with Crippen molar-refractivity contribution in [3.05, 3.63) is 0 Å². The van der Waals surface area contributed by atoms with E-state index in [4.69, 9.17) is 4.74 Å². The second-order valence-electron chi connectivity index (χ2n) is 3.46. The van der Waals surface area contributed by atoms with Crippen LogP contribution in [0.5, 0.6) is 0 Å². The van der Waals surface area contributed by atoms with Crippen LogP contribution in [-0.4, -0.2) is 12.1 Å². The fourth-order valence-electron chi connectivity index (χ4n) is 1.90. The number of carbonyl (C=O) groups excluding carboxylic acids is 1. The van der Waals surface area contributed by atoms with Crippen molar-refractivity contribution in [2.24, 2.45) is 11.8 Å². The van der Waals surface area contributed by atoms with Crippen molar-refractivity contribution in [2.45, 2.75) is 32.3 Å². The topological polar surface area (TPSA) is 26.3 Å². The molecule has 0 N–H and O–H groups in total. The van der Waals surface area contributed by atoms with Gasteiger partial charge >= 0.3 is 5.97 Å². The molecule has 2 aliphatic rings. The highest BCUT2D eigenvalue weighted by atomic mass is 16.6. The highest BCUT2D eigenvalue weighted by Crippen LogP contribution is 2.37. The Morgan fingerprint density at radius 2 is 2.30 bits per heavy atom. The van der Waals surface area contributed by atoms with Crippen molar-refractivity contribution in [1.82, 2.24) is 0 Å². The predicted molar refractivity (Wildman–Crippen MR) is 36.4 cm³/mol. The van der Waals surface area contributed by atoms with E-state index in [1.807, 2.05) is 0 Å². The highest BCUT2D eigenvalue weighted by Gasteiger charge is 2.41. The van der Waals surface area contributed by atoms with Crippen LogP contribution < -0.4 is 0 Å². The van der Waals surface area contributed by atoms with E-state index in [2.05, 4.69) is 6.92 Å². The molecule has 0 aromatic carbocycles. The molecule has 10 heavy (non-hydrogen) atoms. The molecule has 0 aromatic rings. The van der Waals surface area contributed by atoms with Gasteiger partial charge in [0.2, 0.25) is 0 Å². The van der Waals surface area contributed by atoms with Crippen LogP contribution in [-0.2, 0) is 9.53 Å². The Morgan fingerprint density at radius 1 is 1.50 bits per heavy atom. The second kappa shape index (κ2) is 1.97. The lowest BCUT2D eigenvalue weighted by molar-refractivity contribution is -0.144. The molecule has 3 atom stereocenters. The average molecular weight is 140 g/mol. The Kier molecular flexibility index (Phi) is 1.22. The summed E-state index contributed by atoms with van der Waals surface area (Å²) >= 11 is 0. The van der Waals surface area contributed by atoms with E-state index in [-0.39, 0.29) is 18.0 Å². The van der Waals surface area contributed by atoms with E-state index in [0.717, 1.165) is 12.8 Å². The van der Waals surface area contributed by atoms with Crippen LogP contribution in [0, 0.1) is 11.8 Å². The summed E-state index contributed by atoms with van der Waals surface area (Å²) in [5.41, 5.74) is 0. The number of ether oxygens (including phenoxy) is 1. The van der Waals surface area contributed by atoms with Gasteiger partial charge in [-0.1, -0.05) is 6.92 Å². The maximum absolute atomic E-state index is 11.0. The molecule has 2 rings (SSSR count). The van der Waals surface area contributed by atoms with Crippen molar-refractivity contribution >= 4 is 5.97 Å². The summed E-state index contributed by atoms with van der Waals surface area (Å²) in [4.78, 5) is 11.0. The SMILES string of the molecule is C[C@H]1CC[C@@H]2C[C@H]1OC2=O.